The highest BCUT2D eigenvalue weighted by molar-refractivity contribution is 5.08. The zero-order valence-electron chi connectivity index (χ0n) is 9.76. The third-order valence-electron chi connectivity index (χ3n) is 2.10. The molecule has 0 aromatic carbocycles. The van der Waals surface area contributed by atoms with Gasteiger partial charge in [-0.2, -0.15) is 0 Å². The fraction of sp³-hybridized carbons (Fsp3) is 0.462. The van der Waals surface area contributed by atoms with Crippen LogP contribution < -0.4 is 5.32 Å². The summed E-state index contributed by atoms with van der Waals surface area (Å²) >= 11 is 0. The number of nitrogens with zero attached hydrogens (tertiary/aromatic N) is 1. The zero-order valence-corrected chi connectivity index (χ0v) is 9.76. The van der Waals surface area contributed by atoms with E-state index in [0.29, 0.717) is 0 Å². The molecule has 0 aromatic rings. The molecule has 0 aromatic heterocycles. The number of hydrogen-bond donors (Lipinski definition) is 1. The van der Waals surface area contributed by atoms with Crippen LogP contribution in [0.5, 0.6) is 0 Å². The van der Waals surface area contributed by atoms with Crippen LogP contribution in [-0.2, 0) is 0 Å². The quantitative estimate of drug-likeness (QED) is 0.548. The molecule has 1 N–H and O–H groups in total. The summed E-state index contributed by atoms with van der Waals surface area (Å²) in [6.45, 7) is 13.5. The highest BCUT2D eigenvalue weighted by Gasteiger charge is 2.06. The third kappa shape index (κ3) is 6.64. The Hall–Kier alpha value is -1.40. The molecule has 1 aliphatic heterocycles. The Labute approximate surface area is 93.7 Å². The van der Waals surface area contributed by atoms with Gasteiger partial charge in [-0.05, 0) is 6.42 Å². The van der Waals surface area contributed by atoms with Crippen molar-refractivity contribution in [1.82, 2.24) is 10.2 Å². The summed E-state index contributed by atoms with van der Waals surface area (Å²) in [7, 11) is 0. The molecule has 0 fully saturated rings. The fourth-order valence-corrected chi connectivity index (χ4v) is 1.31. The molecule has 0 bridgehead atoms. The van der Waals surface area contributed by atoms with E-state index in [1.54, 1.807) is 0 Å². The van der Waals surface area contributed by atoms with Crippen LogP contribution in [0.2, 0.25) is 0 Å². The van der Waals surface area contributed by atoms with Crippen molar-refractivity contribution in [2.24, 2.45) is 0 Å². The maximum atomic E-state index is 3.89. The van der Waals surface area contributed by atoms with Crippen molar-refractivity contribution in [2.75, 3.05) is 6.54 Å². The van der Waals surface area contributed by atoms with E-state index >= 15 is 0 Å². The molecular formula is C13H22N2. The first-order valence-corrected chi connectivity index (χ1v) is 5.44. The minimum Gasteiger partial charge on any atom is -0.347 e. The maximum absolute atomic E-state index is 3.89. The van der Waals surface area contributed by atoms with Gasteiger partial charge in [0.2, 0.25) is 0 Å². The molecular weight excluding hydrogens is 184 g/mol. The van der Waals surface area contributed by atoms with Gasteiger partial charge >= 0.3 is 0 Å². The van der Waals surface area contributed by atoms with Gasteiger partial charge in [-0.25, -0.2) is 0 Å². The van der Waals surface area contributed by atoms with Crippen molar-refractivity contribution in [2.45, 2.75) is 32.6 Å². The number of rotatable bonds is 5. The van der Waals surface area contributed by atoms with Gasteiger partial charge in [-0.3, -0.25) is 0 Å². The Morgan fingerprint density at radius 1 is 1.33 bits per heavy atom. The van der Waals surface area contributed by atoms with E-state index in [2.05, 4.69) is 42.6 Å². The predicted molar refractivity (Wildman–Crippen MR) is 67.0 cm³/mol. The summed E-state index contributed by atoms with van der Waals surface area (Å²) < 4.78 is 0. The second-order valence-corrected chi connectivity index (χ2v) is 3.41. The van der Waals surface area contributed by atoms with Crippen LogP contribution in [0.15, 0.2) is 43.7 Å². The lowest BCUT2D eigenvalue weighted by Gasteiger charge is -2.15. The molecule has 0 unspecified atom stereocenters. The van der Waals surface area contributed by atoms with E-state index < -0.39 is 0 Å². The molecule has 0 saturated heterocycles. The first-order chi connectivity index (χ1) is 7.26. The van der Waals surface area contributed by atoms with Crippen LogP contribution >= 0.6 is 0 Å². The molecule has 2 nitrogen and oxygen atoms in total. The Balaban J connectivity index is 0.000000583. The van der Waals surface area contributed by atoms with Crippen LogP contribution in [0.3, 0.4) is 0 Å². The molecule has 0 radical (unpaired) electrons. The second-order valence-electron chi connectivity index (χ2n) is 3.41. The van der Waals surface area contributed by atoms with Crippen molar-refractivity contribution in [3.05, 3.63) is 43.7 Å². The Kier molecular flexibility index (Phi) is 8.31. The van der Waals surface area contributed by atoms with E-state index in [1.165, 1.54) is 25.7 Å². The maximum Gasteiger partial charge on any atom is 0.102 e. The molecule has 1 aliphatic rings. The monoisotopic (exact) mass is 206 g/mol. The van der Waals surface area contributed by atoms with Gasteiger partial charge in [-0.15, -0.1) is 5.73 Å². The van der Waals surface area contributed by atoms with Crippen molar-refractivity contribution in [3.63, 3.8) is 0 Å². The van der Waals surface area contributed by atoms with Gasteiger partial charge in [0, 0.05) is 18.9 Å². The zero-order chi connectivity index (χ0) is 11.5. The van der Waals surface area contributed by atoms with Crippen LogP contribution in [0.1, 0.15) is 32.6 Å². The largest absolute Gasteiger partial charge is 0.347 e. The molecule has 1 rings (SSSR count). The summed E-state index contributed by atoms with van der Waals surface area (Å²) in [4.78, 5) is 2.16. The van der Waals surface area contributed by atoms with Crippen LogP contribution in [0.4, 0.5) is 0 Å². The summed E-state index contributed by atoms with van der Waals surface area (Å²) in [5.41, 5.74) is 2.25. The summed E-state index contributed by atoms with van der Waals surface area (Å²) in [5, 5.41) is 3.06. The molecule has 2 heteroatoms. The Bertz CT molecular complexity index is 235. The lowest BCUT2D eigenvalue weighted by molar-refractivity contribution is 0.443. The summed E-state index contributed by atoms with van der Waals surface area (Å²) in [6.07, 6.45) is 9.22. The first-order valence-electron chi connectivity index (χ1n) is 5.44. The van der Waals surface area contributed by atoms with Gasteiger partial charge in [0.05, 0.1) is 0 Å². The van der Waals surface area contributed by atoms with E-state index in [1.807, 2.05) is 12.4 Å². The van der Waals surface area contributed by atoms with Crippen molar-refractivity contribution in [3.8, 4) is 0 Å². The number of hydrogen-bond acceptors (Lipinski definition) is 2. The molecule has 0 amide bonds. The van der Waals surface area contributed by atoms with Crippen molar-refractivity contribution in [1.29, 1.82) is 0 Å². The van der Waals surface area contributed by atoms with Crippen molar-refractivity contribution < 1.29 is 0 Å². The normalized spacial score (nSPS) is 12.9. The lowest BCUT2D eigenvalue weighted by atomic mass is 10.2. The summed E-state index contributed by atoms with van der Waals surface area (Å²) in [6, 6.07) is 0. The minimum atomic E-state index is 1.01. The fourth-order valence-electron chi connectivity index (χ4n) is 1.31. The predicted octanol–water partition coefficient (Wildman–Crippen LogP) is 3.37. The van der Waals surface area contributed by atoms with Crippen LogP contribution in [0.25, 0.3) is 0 Å². The lowest BCUT2D eigenvalue weighted by Crippen LogP contribution is -2.18. The highest BCUT2D eigenvalue weighted by atomic mass is 15.3. The number of unbranched alkanes of at least 4 members (excludes halogenated alkanes) is 3. The highest BCUT2D eigenvalue weighted by Crippen LogP contribution is 2.08. The van der Waals surface area contributed by atoms with E-state index in [-0.39, 0.29) is 0 Å². The minimum absolute atomic E-state index is 1.01. The van der Waals surface area contributed by atoms with E-state index in [4.69, 9.17) is 0 Å². The smallest absolute Gasteiger partial charge is 0.102 e. The second kappa shape index (κ2) is 9.17. The van der Waals surface area contributed by atoms with Gasteiger partial charge in [0.1, 0.15) is 5.82 Å². The van der Waals surface area contributed by atoms with Gasteiger partial charge in [-0.1, -0.05) is 45.9 Å². The SMILES string of the molecule is C=C1NC=CN1CCCCCC.C=C=C. The summed E-state index contributed by atoms with van der Waals surface area (Å²) in [5.74, 6) is 1.01. The van der Waals surface area contributed by atoms with Crippen molar-refractivity contribution >= 4 is 0 Å². The van der Waals surface area contributed by atoms with E-state index in [0.717, 1.165) is 12.4 Å². The molecule has 0 aliphatic carbocycles. The molecule has 0 spiro atoms. The molecule has 15 heavy (non-hydrogen) atoms. The van der Waals surface area contributed by atoms with Crippen LogP contribution in [0, 0.1) is 0 Å². The topological polar surface area (TPSA) is 15.3 Å². The molecule has 1 heterocycles. The Morgan fingerprint density at radius 3 is 2.47 bits per heavy atom. The standard InChI is InChI=1S/C10H18N2.C3H4/c1-3-4-5-6-8-12-9-7-11-10(12)2;1-3-2/h7,9,11H,2-6,8H2,1H3;1-2H2. The average molecular weight is 206 g/mol. The molecule has 0 saturated carbocycles. The average Bonchev–Trinajstić information content (AvgIpc) is 2.60. The van der Waals surface area contributed by atoms with Crippen LogP contribution in [-0.4, -0.2) is 11.4 Å². The third-order valence-corrected chi connectivity index (χ3v) is 2.10. The number of nitrogens with one attached hydrogen (secondary N) is 1. The van der Waals surface area contributed by atoms with Gasteiger partial charge in [0.25, 0.3) is 0 Å². The van der Waals surface area contributed by atoms with Gasteiger partial charge in [0.15, 0.2) is 0 Å². The van der Waals surface area contributed by atoms with Gasteiger partial charge < -0.3 is 10.2 Å². The first kappa shape index (κ1) is 13.6. The van der Waals surface area contributed by atoms with E-state index in [9.17, 15) is 0 Å². The molecule has 84 valence electrons. The molecule has 0 atom stereocenters. The Morgan fingerprint density at radius 2 is 2.00 bits per heavy atom.